The molecule has 1 spiro atoms. The van der Waals surface area contributed by atoms with Crippen molar-refractivity contribution < 1.29 is 23.8 Å². The summed E-state index contributed by atoms with van der Waals surface area (Å²) in [7, 11) is 3.30. The van der Waals surface area contributed by atoms with Crippen LogP contribution < -0.4 is 31.0 Å². The Hall–Kier alpha value is -3.34. The lowest BCUT2D eigenvalue weighted by Gasteiger charge is -2.34. The molecular formula is C30H37N5O5. The number of hydrazine groups is 1. The molecule has 2 saturated carbocycles. The molecule has 212 valence electrons. The Morgan fingerprint density at radius 1 is 1.07 bits per heavy atom. The molecule has 4 unspecified atom stereocenters. The third-order valence-electron chi connectivity index (χ3n) is 9.80. The molecule has 3 aliphatic heterocycles. The van der Waals surface area contributed by atoms with Crippen molar-refractivity contribution in [2.75, 3.05) is 51.2 Å². The van der Waals surface area contributed by atoms with Gasteiger partial charge in [0.2, 0.25) is 5.91 Å². The smallest absolute Gasteiger partial charge is 0.254 e. The molecule has 7 rings (SSSR count). The third-order valence-corrected chi connectivity index (χ3v) is 9.80. The Balaban J connectivity index is 1.01. The zero-order valence-electron chi connectivity index (χ0n) is 23.0. The van der Waals surface area contributed by atoms with E-state index in [4.69, 9.17) is 14.2 Å². The van der Waals surface area contributed by atoms with E-state index in [2.05, 4.69) is 21.5 Å². The highest BCUT2D eigenvalue weighted by Crippen LogP contribution is 2.65. The lowest BCUT2D eigenvalue weighted by atomic mass is 9.74. The molecule has 0 radical (unpaired) electrons. The highest BCUT2D eigenvalue weighted by Gasteiger charge is 2.67. The predicted octanol–water partition coefficient (Wildman–Crippen LogP) is 2.72. The van der Waals surface area contributed by atoms with Crippen molar-refractivity contribution in [3.8, 4) is 11.5 Å². The summed E-state index contributed by atoms with van der Waals surface area (Å²) in [5.41, 5.74) is 10.1. The van der Waals surface area contributed by atoms with Gasteiger partial charge in [-0.2, -0.15) is 0 Å². The zero-order chi connectivity index (χ0) is 27.4. The summed E-state index contributed by atoms with van der Waals surface area (Å²) in [4.78, 5) is 27.9. The number of nitrogens with one attached hydrogen (secondary N) is 4. The van der Waals surface area contributed by atoms with Gasteiger partial charge in [-0.15, -0.1) is 0 Å². The second-order valence-corrected chi connectivity index (χ2v) is 11.7. The first-order valence-corrected chi connectivity index (χ1v) is 14.3. The van der Waals surface area contributed by atoms with Gasteiger partial charge in [-0.1, -0.05) is 0 Å². The summed E-state index contributed by atoms with van der Waals surface area (Å²) < 4.78 is 16.5. The average molecular weight is 548 g/mol. The molecule has 5 aliphatic rings. The number of nitrogens with zero attached hydrogens (tertiary/aromatic N) is 1. The minimum absolute atomic E-state index is 0.00190. The quantitative estimate of drug-likeness (QED) is 0.437. The van der Waals surface area contributed by atoms with E-state index in [1.54, 1.807) is 14.2 Å². The van der Waals surface area contributed by atoms with Gasteiger partial charge in [0.15, 0.2) is 0 Å². The van der Waals surface area contributed by atoms with Gasteiger partial charge < -0.3 is 29.7 Å². The van der Waals surface area contributed by atoms with Crippen LogP contribution in [0, 0.1) is 17.8 Å². The van der Waals surface area contributed by atoms with Gasteiger partial charge in [0.05, 0.1) is 44.7 Å². The van der Waals surface area contributed by atoms with Crippen LogP contribution in [0.1, 0.15) is 41.6 Å². The molecule has 0 bridgehead atoms. The number of hydrogen-bond donors (Lipinski definition) is 4. The number of hydrogen-bond acceptors (Lipinski definition) is 8. The number of morpholine rings is 1. The lowest BCUT2D eigenvalue weighted by molar-refractivity contribution is -0.118. The van der Waals surface area contributed by atoms with Crippen LogP contribution in [0.15, 0.2) is 36.4 Å². The lowest BCUT2D eigenvalue weighted by Crippen LogP contribution is -2.40. The Morgan fingerprint density at radius 2 is 1.93 bits per heavy atom. The number of methoxy groups -OCH3 is 2. The minimum Gasteiger partial charge on any atom is -0.497 e. The van der Waals surface area contributed by atoms with Crippen LogP contribution in [0.25, 0.3) is 0 Å². The number of benzene rings is 2. The molecule has 4 fully saturated rings. The van der Waals surface area contributed by atoms with Crippen LogP contribution in [0.4, 0.5) is 11.4 Å². The SMILES string of the molecule is COc1ccc2c(c1)[C@]1(C[C@H]1C1CCC3C(C1)NNC3Nc1ccc(C(=O)N3CCOCC3)cc1OC)C(=O)N2. The zero-order valence-corrected chi connectivity index (χ0v) is 23.0. The summed E-state index contributed by atoms with van der Waals surface area (Å²) in [6.45, 7) is 2.36. The molecular weight excluding hydrogens is 510 g/mol. The van der Waals surface area contributed by atoms with Gasteiger partial charge in [0.25, 0.3) is 5.91 Å². The molecule has 10 nitrogen and oxygen atoms in total. The summed E-state index contributed by atoms with van der Waals surface area (Å²) >= 11 is 0. The van der Waals surface area contributed by atoms with Gasteiger partial charge in [-0.05, 0) is 79.5 Å². The highest BCUT2D eigenvalue weighted by atomic mass is 16.5. The second-order valence-electron chi connectivity index (χ2n) is 11.7. The van der Waals surface area contributed by atoms with Crippen molar-refractivity contribution >= 4 is 23.2 Å². The van der Waals surface area contributed by atoms with E-state index >= 15 is 0 Å². The maximum absolute atomic E-state index is 13.1. The molecule has 40 heavy (non-hydrogen) atoms. The molecule has 2 aromatic carbocycles. The Kier molecular flexibility index (Phi) is 6.36. The van der Waals surface area contributed by atoms with E-state index in [0.717, 1.165) is 48.4 Å². The van der Waals surface area contributed by atoms with E-state index < -0.39 is 5.41 Å². The molecule has 2 aromatic rings. The van der Waals surface area contributed by atoms with Gasteiger partial charge >= 0.3 is 0 Å². The van der Waals surface area contributed by atoms with Crippen molar-refractivity contribution in [3.05, 3.63) is 47.5 Å². The Morgan fingerprint density at radius 3 is 2.73 bits per heavy atom. The van der Waals surface area contributed by atoms with E-state index in [1.165, 1.54) is 0 Å². The van der Waals surface area contributed by atoms with Gasteiger partial charge in [-0.25, -0.2) is 5.43 Å². The minimum atomic E-state index is -0.404. The van der Waals surface area contributed by atoms with Crippen molar-refractivity contribution in [3.63, 3.8) is 0 Å². The molecule has 6 atom stereocenters. The Labute approximate surface area is 234 Å². The molecule has 2 amide bonds. The highest BCUT2D eigenvalue weighted by molar-refractivity contribution is 6.09. The first-order chi connectivity index (χ1) is 19.5. The van der Waals surface area contributed by atoms with E-state index in [-0.39, 0.29) is 18.0 Å². The summed E-state index contributed by atoms with van der Waals surface area (Å²) in [5, 5.41) is 6.74. The second kappa shape index (κ2) is 9.94. The normalized spacial score (nSPS) is 32.3. The topological polar surface area (TPSA) is 113 Å². The first-order valence-electron chi connectivity index (χ1n) is 14.3. The molecule has 0 aromatic heterocycles. The summed E-state index contributed by atoms with van der Waals surface area (Å²) in [5.74, 6) is 2.83. The molecule has 3 heterocycles. The maximum atomic E-state index is 13.1. The van der Waals surface area contributed by atoms with Crippen LogP contribution in [-0.4, -0.2) is 69.4 Å². The monoisotopic (exact) mass is 547 g/mol. The molecule has 2 saturated heterocycles. The summed E-state index contributed by atoms with van der Waals surface area (Å²) in [6, 6.07) is 11.9. The number of carbonyl (C=O) groups excluding carboxylic acids is 2. The van der Waals surface area contributed by atoms with Crippen molar-refractivity contribution in [1.82, 2.24) is 15.8 Å². The fourth-order valence-corrected chi connectivity index (χ4v) is 7.58. The van der Waals surface area contributed by atoms with Crippen LogP contribution in [0.5, 0.6) is 11.5 Å². The maximum Gasteiger partial charge on any atom is 0.254 e. The van der Waals surface area contributed by atoms with Crippen LogP contribution in [0.2, 0.25) is 0 Å². The fraction of sp³-hybridized carbons (Fsp3) is 0.533. The van der Waals surface area contributed by atoms with Crippen molar-refractivity contribution in [2.24, 2.45) is 17.8 Å². The number of carbonyl (C=O) groups is 2. The third kappa shape index (κ3) is 4.12. The van der Waals surface area contributed by atoms with Crippen molar-refractivity contribution in [1.29, 1.82) is 0 Å². The van der Waals surface area contributed by atoms with Gasteiger partial charge in [0.1, 0.15) is 11.5 Å². The average Bonchev–Trinajstić information content (AvgIpc) is 3.55. The number of ether oxygens (including phenoxy) is 3. The number of anilines is 2. The standard InChI is InChI=1S/C30H37N5O5/c1-38-19-5-8-23-21(15-19)30(29(37)32-23)16-22(30)17-3-6-20-25(13-17)33-34-27(20)31-24-7-4-18(14-26(24)39-2)28(36)35-9-11-40-12-10-35/h4-5,7-8,14-15,17,20,22,25,27,31,33-34H,3,6,9-13,16H2,1-2H3,(H,32,37)/t17?,20?,22-,25?,27?,30-/m0/s1. The fourth-order valence-electron chi connectivity index (χ4n) is 7.58. The van der Waals surface area contributed by atoms with E-state index in [9.17, 15) is 9.59 Å². The summed E-state index contributed by atoms with van der Waals surface area (Å²) in [6.07, 6.45) is 4.11. The van der Waals surface area contributed by atoms with Crippen molar-refractivity contribution in [2.45, 2.75) is 43.3 Å². The van der Waals surface area contributed by atoms with E-state index in [1.807, 2.05) is 41.3 Å². The molecule has 10 heteroatoms. The van der Waals surface area contributed by atoms with Crippen LogP contribution in [0.3, 0.4) is 0 Å². The number of rotatable bonds is 6. The van der Waals surface area contributed by atoms with Gasteiger partial charge in [0, 0.05) is 36.3 Å². The largest absolute Gasteiger partial charge is 0.497 e. The van der Waals surface area contributed by atoms with Gasteiger partial charge in [-0.3, -0.25) is 15.0 Å². The predicted molar refractivity (Wildman–Crippen MR) is 149 cm³/mol. The number of amides is 2. The molecule has 2 aliphatic carbocycles. The van der Waals surface area contributed by atoms with E-state index in [0.29, 0.717) is 61.4 Å². The van der Waals surface area contributed by atoms with Crippen LogP contribution in [-0.2, 0) is 14.9 Å². The first kappa shape index (κ1) is 25.6. The molecule has 4 N–H and O–H groups in total. The Bertz CT molecular complexity index is 1330. The number of fused-ring (bicyclic) bond motifs is 3. The van der Waals surface area contributed by atoms with Crippen LogP contribution >= 0.6 is 0 Å².